The number of pyridine rings is 1. The number of rotatable bonds is 4. The van der Waals surface area contributed by atoms with Gasteiger partial charge in [-0.15, -0.1) is 0 Å². The molecule has 4 heteroatoms. The van der Waals surface area contributed by atoms with E-state index in [1.807, 2.05) is 13.1 Å². The molecule has 0 aliphatic heterocycles. The lowest BCUT2D eigenvalue weighted by Gasteiger charge is -2.18. The van der Waals surface area contributed by atoms with Gasteiger partial charge in [0.05, 0.1) is 0 Å². The minimum absolute atomic E-state index is 0.0341. The van der Waals surface area contributed by atoms with Gasteiger partial charge in [0, 0.05) is 24.3 Å². The highest BCUT2D eigenvalue weighted by Gasteiger charge is 2.15. The van der Waals surface area contributed by atoms with Crippen molar-refractivity contribution in [1.29, 1.82) is 0 Å². The second kappa shape index (κ2) is 5.99. The fourth-order valence-electron chi connectivity index (χ4n) is 1.28. The molecule has 0 bridgehead atoms. The molecular formula is C12H17BrN2O. The maximum absolute atomic E-state index is 12.0. The molecule has 0 unspecified atom stereocenters. The van der Waals surface area contributed by atoms with Gasteiger partial charge in [-0.2, -0.15) is 0 Å². The van der Waals surface area contributed by atoms with Crippen LogP contribution >= 0.6 is 15.9 Å². The van der Waals surface area contributed by atoms with E-state index in [2.05, 4.69) is 34.8 Å². The summed E-state index contributed by atoms with van der Waals surface area (Å²) in [7, 11) is 1.81. The second-order valence-corrected chi connectivity index (χ2v) is 5.10. The number of nitrogens with zero attached hydrogens (tertiary/aromatic N) is 2. The molecule has 0 spiro atoms. The Balaban J connectivity index is 2.67. The maximum atomic E-state index is 12.0. The van der Waals surface area contributed by atoms with Crippen molar-refractivity contribution in [2.24, 2.45) is 5.92 Å². The largest absolute Gasteiger partial charge is 0.340 e. The fraction of sp³-hybridized carbons (Fsp3) is 0.500. The molecule has 0 aromatic carbocycles. The van der Waals surface area contributed by atoms with Gasteiger partial charge in [0.1, 0.15) is 5.69 Å². The van der Waals surface area contributed by atoms with Crippen molar-refractivity contribution in [1.82, 2.24) is 9.88 Å². The van der Waals surface area contributed by atoms with Gasteiger partial charge in [-0.25, -0.2) is 4.98 Å². The van der Waals surface area contributed by atoms with E-state index in [1.165, 1.54) is 0 Å². The van der Waals surface area contributed by atoms with Crippen LogP contribution in [-0.4, -0.2) is 29.4 Å². The molecule has 1 rings (SSSR count). The Morgan fingerprint density at radius 2 is 2.25 bits per heavy atom. The third-order valence-corrected chi connectivity index (χ3v) is 2.99. The summed E-state index contributed by atoms with van der Waals surface area (Å²) < 4.78 is 0.747. The Kier molecular flexibility index (Phi) is 4.93. The summed E-state index contributed by atoms with van der Waals surface area (Å²) in [6.45, 7) is 5.06. The zero-order valence-electron chi connectivity index (χ0n) is 9.90. The number of hydrogen-bond donors (Lipinski definition) is 0. The lowest BCUT2D eigenvalue weighted by molar-refractivity contribution is 0.0782. The molecule has 0 radical (unpaired) electrons. The second-order valence-electron chi connectivity index (χ2n) is 4.24. The summed E-state index contributed by atoms with van der Waals surface area (Å²) in [5.41, 5.74) is 0.480. The molecule has 3 nitrogen and oxygen atoms in total. The normalized spacial score (nSPS) is 10.6. The molecule has 0 aliphatic rings. The van der Waals surface area contributed by atoms with E-state index >= 15 is 0 Å². The summed E-state index contributed by atoms with van der Waals surface area (Å²) >= 11 is 3.34. The molecular weight excluding hydrogens is 268 g/mol. The van der Waals surface area contributed by atoms with E-state index in [0.717, 1.165) is 17.4 Å². The molecule has 0 saturated carbocycles. The quantitative estimate of drug-likeness (QED) is 0.852. The average molecular weight is 285 g/mol. The standard InChI is InChI=1S/C12H17BrN2O/c1-9(2)6-8-15(3)12(16)11-10(13)5-4-7-14-11/h4-5,7,9H,6,8H2,1-3H3. The Morgan fingerprint density at radius 3 is 2.81 bits per heavy atom. The smallest absolute Gasteiger partial charge is 0.273 e. The Morgan fingerprint density at radius 1 is 1.56 bits per heavy atom. The first-order valence-corrected chi connectivity index (χ1v) is 6.17. The monoisotopic (exact) mass is 284 g/mol. The number of halogens is 1. The summed E-state index contributed by atoms with van der Waals surface area (Å²) in [4.78, 5) is 17.8. The first-order chi connectivity index (χ1) is 7.52. The Hall–Kier alpha value is -0.900. The third-order valence-electron chi connectivity index (χ3n) is 2.35. The van der Waals surface area contributed by atoms with Crippen LogP contribution in [0.25, 0.3) is 0 Å². The fourth-order valence-corrected chi connectivity index (χ4v) is 1.70. The molecule has 1 aromatic heterocycles. The van der Waals surface area contributed by atoms with E-state index < -0.39 is 0 Å². The number of hydrogen-bond acceptors (Lipinski definition) is 2. The number of carbonyl (C=O) groups is 1. The predicted molar refractivity (Wildman–Crippen MR) is 68.4 cm³/mol. The van der Waals surface area contributed by atoms with Crippen LogP contribution in [0.5, 0.6) is 0 Å². The predicted octanol–water partition coefficient (Wildman–Crippen LogP) is 2.96. The van der Waals surface area contributed by atoms with Crippen LogP contribution in [0.3, 0.4) is 0 Å². The molecule has 1 aromatic rings. The summed E-state index contributed by atoms with van der Waals surface area (Å²) in [6, 6.07) is 3.63. The van der Waals surface area contributed by atoms with E-state index in [-0.39, 0.29) is 5.91 Å². The van der Waals surface area contributed by atoms with Crippen LogP contribution in [0.1, 0.15) is 30.8 Å². The van der Waals surface area contributed by atoms with E-state index in [9.17, 15) is 4.79 Å². The first kappa shape index (κ1) is 13.2. The molecule has 0 saturated heterocycles. The summed E-state index contributed by atoms with van der Waals surface area (Å²) in [6.07, 6.45) is 2.64. The maximum Gasteiger partial charge on any atom is 0.273 e. The van der Waals surface area contributed by atoms with E-state index in [4.69, 9.17) is 0 Å². The van der Waals surface area contributed by atoms with Crippen LogP contribution in [0, 0.1) is 5.92 Å². The zero-order chi connectivity index (χ0) is 12.1. The molecule has 0 fully saturated rings. The highest BCUT2D eigenvalue weighted by Crippen LogP contribution is 2.15. The minimum atomic E-state index is -0.0341. The molecule has 1 amide bonds. The van der Waals surface area contributed by atoms with Crippen LogP contribution in [-0.2, 0) is 0 Å². The van der Waals surface area contributed by atoms with Crippen molar-refractivity contribution in [2.45, 2.75) is 20.3 Å². The van der Waals surface area contributed by atoms with Gasteiger partial charge in [0.25, 0.3) is 5.91 Å². The Bertz CT molecular complexity index is 366. The number of aromatic nitrogens is 1. The average Bonchev–Trinajstić information content (AvgIpc) is 2.25. The van der Waals surface area contributed by atoms with Crippen molar-refractivity contribution in [3.05, 3.63) is 28.5 Å². The molecule has 0 N–H and O–H groups in total. The van der Waals surface area contributed by atoms with Gasteiger partial charge in [0.15, 0.2) is 0 Å². The van der Waals surface area contributed by atoms with Crippen molar-refractivity contribution in [2.75, 3.05) is 13.6 Å². The van der Waals surface area contributed by atoms with Gasteiger partial charge in [-0.3, -0.25) is 4.79 Å². The zero-order valence-corrected chi connectivity index (χ0v) is 11.5. The van der Waals surface area contributed by atoms with Crippen molar-refractivity contribution in [3.8, 4) is 0 Å². The van der Waals surface area contributed by atoms with Crippen LogP contribution in [0.4, 0.5) is 0 Å². The Labute approximate surface area is 105 Å². The minimum Gasteiger partial charge on any atom is -0.340 e. The molecule has 88 valence electrons. The van der Waals surface area contributed by atoms with E-state index in [1.54, 1.807) is 17.2 Å². The molecule has 1 heterocycles. The van der Waals surface area contributed by atoms with Crippen molar-refractivity contribution >= 4 is 21.8 Å². The van der Waals surface area contributed by atoms with E-state index in [0.29, 0.717) is 11.6 Å². The van der Waals surface area contributed by atoms with Crippen LogP contribution in [0.15, 0.2) is 22.8 Å². The first-order valence-electron chi connectivity index (χ1n) is 5.38. The van der Waals surface area contributed by atoms with Gasteiger partial charge in [0.2, 0.25) is 0 Å². The van der Waals surface area contributed by atoms with Crippen molar-refractivity contribution < 1.29 is 4.79 Å². The van der Waals surface area contributed by atoms with Gasteiger partial charge in [-0.1, -0.05) is 13.8 Å². The summed E-state index contributed by atoms with van der Waals surface area (Å²) in [5.74, 6) is 0.565. The number of amides is 1. The lowest BCUT2D eigenvalue weighted by atomic mass is 10.1. The van der Waals surface area contributed by atoms with Crippen molar-refractivity contribution in [3.63, 3.8) is 0 Å². The molecule has 0 aliphatic carbocycles. The summed E-state index contributed by atoms with van der Waals surface area (Å²) in [5, 5.41) is 0. The topological polar surface area (TPSA) is 33.2 Å². The molecule has 16 heavy (non-hydrogen) atoms. The molecule has 0 atom stereocenters. The van der Waals surface area contributed by atoms with Crippen LogP contribution < -0.4 is 0 Å². The van der Waals surface area contributed by atoms with Crippen LogP contribution in [0.2, 0.25) is 0 Å². The highest BCUT2D eigenvalue weighted by atomic mass is 79.9. The number of carbonyl (C=O) groups excluding carboxylic acids is 1. The SMILES string of the molecule is CC(C)CCN(C)C(=O)c1ncccc1Br. The van der Waals surface area contributed by atoms with Gasteiger partial charge < -0.3 is 4.90 Å². The highest BCUT2D eigenvalue weighted by molar-refractivity contribution is 9.10. The third kappa shape index (κ3) is 3.59. The van der Waals surface area contributed by atoms with Gasteiger partial charge >= 0.3 is 0 Å². The van der Waals surface area contributed by atoms with Gasteiger partial charge in [-0.05, 0) is 40.4 Å². The lowest BCUT2D eigenvalue weighted by Crippen LogP contribution is -2.29.